The minimum absolute atomic E-state index is 0.142. The van der Waals surface area contributed by atoms with Crippen molar-refractivity contribution < 1.29 is 9.53 Å². The van der Waals surface area contributed by atoms with Crippen LogP contribution in [0.4, 0.5) is 0 Å². The predicted octanol–water partition coefficient (Wildman–Crippen LogP) is 2.67. The van der Waals surface area contributed by atoms with E-state index in [1.807, 2.05) is 0 Å². The SMILES string of the molecule is CC(C)CC1NC2(CCCC2)C(=O)N1CC1(C)CCCO1. The van der Waals surface area contributed by atoms with Crippen LogP contribution in [0.25, 0.3) is 0 Å². The summed E-state index contributed by atoms with van der Waals surface area (Å²) in [6, 6.07) is 0. The standard InChI is InChI=1S/C17H30N2O2/c1-13(2)11-14-18-17(8-4-5-9-17)15(20)19(14)12-16(3)7-6-10-21-16/h13-14,18H,4-12H2,1-3H3. The molecule has 1 saturated carbocycles. The fourth-order valence-electron chi connectivity index (χ4n) is 4.35. The Bertz CT molecular complexity index is 396. The van der Waals surface area contributed by atoms with Gasteiger partial charge in [-0.05, 0) is 44.9 Å². The number of amides is 1. The van der Waals surface area contributed by atoms with Crippen LogP contribution in [-0.4, -0.2) is 41.3 Å². The molecule has 1 aliphatic carbocycles. The van der Waals surface area contributed by atoms with Crippen LogP contribution >= 0.6 is 0 Å². The first-order valence-electron chi connectivity index (χ1n) is 8.67. The van der Waals surface area contributed by atoms with Crippen molar-refractivity contribution in [3.8, 4) is 0 Å². The van der Waals surface area contributed by atoms with Crippen molar-refractivity contribution in [2.75, 3.05) is 13.2 Å². The van der Waals surface area contributed by atoms with E-state index in [9.17, 15) is 4.79 Å². The highest BCUT2D eigenvalue weighted by Gasteiger charge is 2.53. The van der Waals surface area contributed by atoms with Crippen LogP contribution in [0, 0.1) is 5.92 Å². The van der Waals surface area contributed by atoms with Gasteiger partial charge in [-0.1, -0.05) is 26.7 Å². The molecule has 120 valence electrons. The molecule has 4 heteroatoms. The molecule has 0 bridgehead atoms. The van der Waals surface area contributed by atoms with Gasteiger partial charge in [0.2, 0.25) is 5.91 Å². The largest absolute Gasteiger partial charge is 0.373 e. The van der Waals surface area contributed by atoms with E-state index in [1.54, 1.807) is 0 Å². The zero-order chi connectivity index (χ0) is 15.1. The van der Waals surface area contributed by atoms with Crippen LogP contribution in [0.3, 0.4) is 0 Å². The smallest absolute Gasteiger partial charge is 0.244 e. The number of ether oxygens (including phenoxy) is 1. The van der Waals surface area contributed by atoms with Crippen LogP contribution < -0.4 is 5.32 Å². The Hall–Kier alpha value is -0.610. The van der Waals surface area contributed by atoms with Gasteiger partial charge in [0.25, 0.3) is 0 Å². The minimum Gasteiger partial charge on any atom is -0.373 e. The summed E-state index contributed by atoms with van der Waals surface area (Å²) in [6.07, 6.45) is 7.77. The first-order chi connectivity index (χ1) is 9.94. The zero-order valence-corrected chi connectivity index (χ0v) is 13.8. The lowest BCUT2D eigenvalue weighted by Crippen LogP contribution is -2.47. The molecular formula is C17H30N2O2. The van der Waals surface area contributed by atoms with Gasteiger partial charge in [0, 0.05) is 6.61 Å². The highest BCUT2D eigenvalue weighted by molar-refractivity contribution is 5.89. The molecule has 2 unspecified atom stereocenters. The maximum absolute atomic E-state index is 13.1. The second kappa shape index (κ2) is 5.54. The molecule has 0 aromatic rings. The molecule has 3 fully saturated rings. The van der Waals surface area contributed by atoms with Gasteiger partial charge in [0.1, 0.15) is 0 Å². The van der Waals surface area contributed by atoms with Crippen LogP contribution in [0.2, 0.25) is 0 Å². The Labute approximate surface area is 128 Å². The Morgan fingerprint density at radius 2 is 2.00 bits per heavy atom. The highest BCUT2D eigenvalue weighted by atomic mass is 16.5. The predicted molar refractivity (Wildman–Crippen MR) is 82.9 cm³/mol. The van der Waals surface area contributed by atoms with Gasteiger partial charge in [0.05, 0.1) is 23.9 Å². The third-order valence-corrected chi connectivity index (χ3v) is 5.45. The van der Waals surface area contributed by atoms with Gasteiger partial charge in [-0.3, -0.25) is 10.1 Å². The van der Waals surface area contributed by atoms with E-state index in [1.165, 1.54) is 12.8 Å². The van der Waals surface area contributed by atoms with E-state index in [0.717, 1.165) is 45.3 Å². The average Bonchev–Trinajstić information content (AvgIpc) is 3.09. The normalized spacial score (nSPS) is 35.5. The molecule has 2 heterocycles. The molecule has 21 heavy (non-hydrogen) atoms. The van der Waals surface area contributed by atoms with E-state index < -0.39 is 0 Å². The van der Waals surface area contributed by atoms with Crippen LogP contribution in [0.1, 0.15) is 65.7 Å². The molecular weight excluding hydrogens is 264 g/mol. The van der Waals surface area contributed by atoms with E-state index in [0.29, 0.717) is 11.8 Å². The topological polar surface area (TPSA) is 41.6 Å². The lowest BCUT2D eigenvalue weighted by Gasteiger charge is -2.33. The molecule has 3 rings (SSSR count). The maximum Gasteiger partial charge on any atom is 0.244 e. The lowest BCUT2D eigenvalue weighted by atomic mass is 9.97. The first kappa shape index (κ1) is 15.3. The van der Waals surface area contributed by atoms with E-state index in [-0.39, 0.29) is 17.3 Å². The first-order valence-corrected chi connectivity index (χ1v) is 8.67. The number of carbonyl (C=O) groups is 1. The maximum atomic E-state index is 13.1. The van der Waals surface area contributed by atoms with Crippen molar-refractivity contribution in [1.82, 2.24) is 10.2 Å². The summed E-state index contributed by atoms with van der Waals surface area (Å²) in [5.41, 5.74) is -0.398. The monoisotopic (exact) mass is 294 g/mol. The molecule has 1 amide bonds. The van der Waals surface area contributed by atoms with E-state index in [2.05, 4.69) is 31.0 Å². The Morgan fingerprint density at radius 3 is 2.57 bits per heavy atom. The molecule has 4 nitrogen and oxygen atoms in total. The number of rotatable bonds is 4. The van der Waals surface area contributed by atoms with Gasteiger partial charge in [-0.15, -0.1) is 0 Å². The van der Waals surface area contributed by atoms with Gasteiger partial charge in [0.15, 0.2) is 0 Å². The van der Waals surface area contributed by atoms with Crippen molar-refractivity contribution in [2.24, 2.45) is 5.92 Å². The average molecular weight is 294 g/mol. The third kappa shape index (κ3) is 2.85. The molecule has 2 saturated heterocycles. The quantitative estimate of drug-likeness (QED) is 0.867. The molecule has 0 aromatic heterocycles. The molecule has 3 aliphatic rings. The zero-order valence-electron chi connectivity index (χ0n) is 13.8. The van der Waals surface area contributed by atoms with Gasteiger partial charge < -0.3 is 9.64 Å². The number of nitrogens with one attached hydrogen (secondary N) is 1. The van der Waals surface area contributed by atoms with Crippen molar-refractivity contribution in [3.63, 3.8) is 0 Å². The fourth-order valence-corrected chi connectivity index (χ4v) is 4.35. The summed E-state index contributed by atoms with van der Waals surface area (Å²) >= 11 is 0. The summed E-state index contributed by atoms with van der Waals surface area (Å²) in [4.78, 5) is 15.2. The van der Waals surface area contributed by atoms with Crippen LogP contribution in [0.15, 0.2) is 0 Å². The molecule has 0 aromatic carbocycles. The fraction of sp³-hybridized carbons (Fsp3) is 0.941. The van der Waals surface area contributed by atoms with E-state index >= 15 is 0 Å². The number of nitrogens with zero attached hydrogens (tertiary/aromatic N) is 1. The minimum atomic E-state index is -0.255. The Balaban J connectivity index is 1.78. The second-order valence-corrected chi connectivity index (χ2v) is 7.91. The summed E-state index contributed by atoms with van der Waals surface area (Å²) in [6.45, 7) is 8.22. The van der Waals surface area contributed by atoms with Crippen molar-refractivity contribution in [2.45, 2.75) is 83.0 Å². The molecule has 1 spiro atoms. The highest BCUT2D eigenvalue weighted by Crippen LogP contribution is 2.39. The molecule has 0 radical (unpaired) electrons. The summed E-state index contributed by atoms with van der Waals surface area (Å²) in [5, 5.41) is 3.71. The Morgan fingerprint density at radius 1 is 1.29 bits per heavy atom. The number of hydrogen-bond donors (Lipinski definition) is 1. The molecule has 2 aliphatic heterocycles. The number of carbonyl (C=O) groups excluding carboxylic acids is 1. The van der Waals surface area contributed by atoms with Gasteiger partial charge in [-0.25, -0.2) is 0 Å². The summed E-state index contributed by atoms with van der Waals surface area (Å²) in [5.74, 6) is 0.925. The second-order valence-electron chi connectivity index (χ2n) is 7.91. The van der Waals surface area contributed by atoms with Crippen LogP contribution in [-0.2, 0) is 9.53 Å². The van der Waals surface area contributed by atoms with Crippen molar-refractivity contribution in [3.05, 3.63) is 0 Å². The third-order valence-electron chi connectivity index (χ3n) is 5.45. The summed E-state index contributed by atoms with van der Waals surface area (Å²) < 4.78 is 5.93. The lowest BCUT2D eigenvalue weighted by molar-refractivity contribution is -0.136. The molecule has 2 atom stereocenters. The summed E-state index contributed by atoms with van der Waals surface area (Å²) in [7, 11) is 0. The molecule has 1 N–H and O–H groups in total. The van der Waals surface area contributed by atoms with E-state index in [4.69, 9.17) is 4.74 Å². The van der Waals surface area contributed by atoms with Gasteiger partial charge in [-0.2, -0.15) is 0 Å². The van der Waals surface area contributed by atoms with Crippen LogP contribution in [0.5, 0.6) is 0 Å². The van der Waals surface area contributed by atoms with Crippen molar-refractivity contribution >= 4 is 5.91 Å². The van der Waals surface area contributed by atoms with Gasteiger partial charge >= 0.3 is 0 Å². The number of hydrogen-bond acceptors (Lipinski definition) is 3. The Kier molecular flexibility index (Phi) is 4.04. The van der Waals surface area contributed by atoms with Crippen molar-refractivity contribution in [1.29, 1.82) is 0 Å².